The fourth-order valence-corrected chi connectivity index (χ4v) is 1.99. The molecule has 0 spiro atoms. The predicted molar refractivity (Wildman–Crippen MR) is 76.2 cm³/mol. The molecular weight excluding hydrogens is 240 g/mol. The van der Waals surface area contributed by atoms with E-state index in [1.807, 2.05) is 13.8 Å². The van der Waals surface area contributed by atoms with E-state index in [1.165, 1.54) is 12.2 Å². The number of allylic oxidation sites excluding steroid dienone is 3. The van der Waals surface area contributed by atoms with Crippen molar-refractivity contribution in [2.24, 2.45) is 0 Å². The molecule has 1 rings (SSSR count). The highest BCUT2D eigenvalue weighted by Crippen LogP contribution is 2.30. The van der Waals surface area contributed by atoms with Crippen LogP contribution >= 0.6 is 0 Å². The Bertz CT molecular complexity index is 521. The highest BCUT2D eigenvalue weighted by Gasteiger charge is 2.19. The molecular formula is C16H18O3. The number of hydrogen-bond donors (Lipinski definition) is 2. The standard InChI is InChI=1S/C16H18O3/c1-4-6-15(16(18)19)14(5-2)11(3)12-7-9-13(17)10-8-12/h4-11,17H,1H2,2-3H3,(H,18,19)/b14-5-,15-6+. The topological polar surface area (TPSA) is 57.5 Å². The predicted octanol–water partition coefficient (Wildman–Crippen LogP) is 3.64. The molecule has 0 aliphatic carbocycles. The van der Waals surface area contributed by atoms with Crippen LogP contribution in [0.5, 0.6) is 5.75 Å². The van der Waals surface area contributed by atoms with Crippen molar-refractivity contribution in [3.8, 4) is 5.75 Å². The van der Waals surface area contributed by atoms with Gasteiger partial charge < -0.3 is 10.2 Å². The molecule has 0 heterocycles. The van der Waals surface area contributed by atoms with Crippen LogP contribution in [0.2, 0.25) is 0 Å². The number of aromatic hydroxyl groups is 1. The van der Waals surface area contributed by atoms with E-state index in [0.717, 1.165) is 11.1 Å². The summed E-state index contributed by atoms with van der Waals surface area (Å²) in [6.45, 7) is 7.29. The minimum Gasteiger partial charge on any atom is -0.508 e. The van der Waals surface area contributed by atoms with Crippen molar-refractivity contribution in [3.63, 3.8) is 0 Å². The zero-order valence-corrected chi connectivity index (χ0v) is 11.1. The fourth-order valence-electron chi connectivity index (χ4n) is 1.99. The first kappa shape index (κ1) is 14.8. The van der Waals surface area contributed by atoms with Crippen LogP contribution in [0, 0.1) is 0 Å². The van der Waals surface area contributed by atoms with E-state index in [9.17, 15) is 15.0 Å². The maximum absolute atomic E-state index is 11.3. The lowest BCUT2D eigenvalue weighted by Gasteiger charge is -2.17. The van der Waals surface area contributed by atoms with E-state index in [4.69, 9.17) is 0 Å². The molecule has 1 atom stereocenters. The van der Waals surface area contributed by atoms with Gasteiger partial charge in [0.15, 0.2) is 0 Å². The molecule has 0 aliphatic rings. The first-order chi connectivity index (χ1) is 9.01. The van der Waals surface area contributed by atoms with Crippen LogP contribution in [0.1, 0.15) is 25.3 Å². The number of benzene rings is 1. The average Bonchev–Trinajstić information content (AvgIpc) is 2.39. The van der Waals surface area contributed by atoms with Gasteiger partial charge in [-0.3, -0.25) is 0 Å². The molecule has 3 heteroatoms. The molecule has 0 aromatic heterocycles. The maximum Gasteiger partial charge on any atom is 0.335 e. The summed E-state index contributed by atoms with van der Waals surface area (Å²) in [7, 11) is 0. The fraction of sp³-hybridized carbons (Fsp3) is 0.188. The van der Waals surface area contributed by atoms with Crippen LogP contribution < -0.4 is 0 Å². The Morgan fingerprint density at radius 2 is 1.89 bits per heavy atom. The van der Waals surface area contributed by atoms with Gasteiger partial charge in [0.2, 0.25) is 0 Å². The van der Waals surface area contributed by atoms with Crippen LogP contribution in [-0.4, -0.2) is 16.2 Å². The summed E-state index contributed by atoms with van der Waals surface area (Å²) in [4.78, 5) is 11.3. The number of rotatable bonds is 5. The first-order valence-electron chi connectivity index (χ1n) is 6.02. The zero-order valence-electron chi connectivity index (χ0n) is 11.1. The molecule has 2 N–H and O–H groups in total. The zero-order chi connectivity index (χ0) is 14.4. The lowest BCUT2D eigenvalue weighted by atomic mass is 9.87. The molecule has 100 valence electrons. The number of carbonyl (C=O) groups is 1. The number of phenols is 1. The second-order valence-corrected chi connectivity index (χ2v) is 4.18. The van der Waals surface area contributed by atoms with E-state index < -0.39 is 5.97 Å². The summed E-state index contributed by atoms with van der Waals surface area (Å²) < 4.78 is 0. The van der Waals surface area contributed by atoms with Crippen LogP contribution in [0.15, 0.2) is 60.2 Å². The summed E-state index contributed by atoms with van der Waals surface area (Å²) in [6, 6.07) is 6.77. The highest BCUT2D eigenvalue weighted by molar-refractivity contribution is 5.92. The van der Waals surface area contributed by atoms with Crippen LogP contribution in [-0.2, 0) is 4.79 Å². The summed E-state index contributed by atoms with van der Waals surface area (Å²) in [6.07, 6.45) is 4.76. The Labute approximate surface area is 113 Å². The van der Waals surface area contributed by atoms with E-state index in [2.05, 4.69) is 6.58 Å². The number of carboxylic acids is 1. The lowest BCUT2D eigenvalue weighted by Crippen LogP contribution is -2.09. The largest absolute Gasteiger partial charge is 0.508 e. The SMILES string of the molecule is C=C/C=C(C(=O)O)\C(=C/C)C(C)c1ccc(O)cc1. The van der Waals surface area contributed by atoms with E-state index in [-0.39, 0.29) is 17.2 Å². The van der Waals surface area contributed by atoms with Gasteiger partial charge in [-0.15, -0.1) is 0 Å². The molecule has 0 saturated heterocycles. The Kier molecular flexibility index (Phi) is 5.12. The second kappa shape index (κ2) is 6.59. The Morgan fingerprint density at radius 3 is 2.32 bits per heavy atom. The van der Waals surface area contributed by atoms with Crippen molar-refractivity contribution in [3.05, 3.63) is 65.8 Å². The van der Waals surface area contributed by atoms with Gasteiger partial charge in [-0.05, 0) is 36.3 Å². The van der Waals surface area contributed by atoms with Gasteiger partial charge >= 0.3 is 5.97 Å². The molecule has 0 saturated carbocycles. The molecule has 0 radical (unpaired) electrons. The molecule has 1 aromatic carbocycles. The van der Waals surface area contributed by atoms with E-state index >= 15 is 0 Å². The number of hydrogen-bond acceptors (Lipinski definition) is 2. The minimum atomic E-state index is -0.973. The summed E-state index contributed by atoms with van der Waals surface area (Å²) in [5.74, 6) is -0.857. The third kappa shape index (κ3) is 3.58. The Morgan fingerprint density at radius 1 is 1.32 bits per heavy atom. The van der Waals surface area contributed by atoms with Crippen LogP contribution in [0.3, 0.4) is 0 Å². The molecule has 0 bridgehead atoms. The minimum absolute atomic E-state index is 0.0760. The number of carboxylic acid groups (broad SMARTS) is 1. The molecule has 0 amide bonds. The maximum atomic E-state index is 11.3. The first-order valence-corrected chi connectivity index (χ1v) is 6.02. The Balaban J connectivity index is 3.16. The molecule has 3 nitrogen and oxygen atoms in total. The monoisotopic (exact) mass is 258 g/mol. The average molecular weight is 258 g/mol. The van der Waals surface area contributed by atoms with Gasteiger partial charge in [-0.2, -0.15) is 0 Å². The van der Waals surface area contributed by atoms with Gasteiger partial charge in [0, 0.05) is 5.92 Å². The van der Waals surface area contributed by atoms with Crippen molar-refractivity contribution in [2.45, 2.75) is 19.8 Å². The van der Waals surface area contributed by atoms with Gasteiger partial charge in [-0.1, -0.05) is 37.8 Å². The van der Waals surface area contributed by atoms with Crippen molar-refractivity contribution >= 4 is 5.97 Å². The third-order valence-corrected chi connectivity index (χ3v) is 3.00. The summed E-state index contributed by atoms with van der Waals surface area (Å²) in [5, 5.41) is 18.5. The quantitative estimate of drug-likeness (QED) is 0.626. The van der Waals surface area contributed by atoms with Gasteiger partial charge in [0.25, 0.3) is 0 Å². The Hall–Kier alpha value is -2.29. The third-order valence-electron chi connectivity index (χ3n) is 3.00. The second-order valence-electron chi connectivity index (χ2n) is 4.18. The summed E-state index contributed by atoms with van der Waals surface area (Å²) >= 11 is 0. The van der Waals surface area contributed by atoms with Crippen LogP contribution in [0.25, 0.3) is 0 Å². The van der Waals surface area contributed by atoms with E-state index in [1.54, 1.807) is 30.3 Å². The molecule has 1 unspecified atom stereocenters. The van der Waals surface area contributed by atoms with E-state index in [0.29, 0.717) is 0 Å². The van der Waals surface area contributed by atoms with Gasteiger partial charge in [0.05, 0.1) is 5.57 Å². The lowest BCUT2D eigenvalue weighted by molar-refractivity contribution is -0.132. The van der Waals surface area contributed by atoms with Crippen molar-refractivity contribution < 1.29 is 15.0 Å². The smallest absolute Gasteiger partial charge is 0.335 e. The molecule has 0 aliphatic heterocycles. The summed E-state index contributed by atoms with van der Waals surface area (Å²) in [5.41, 5.74) is 1.90. The van der Waals surface area contributed by atoms with Gasteiger partial charge in [0.1, 0.15) is 5.75 Å². The number of phenolic OH excluding ortho intramolecular Hbond substituents is 1. The highest BCUT2D eigenvalue weighted by atomic mass is 16.4. The molecule has 0 fully saturated rings. The van der Waals surface area contributed by atoms with Crippen molar-refractivity contribution in [1.29, 1.82) is 0 Å². The van der Waals surface area contributed by atoms with Crippen molar-refractivity contribution in [2.75, 3.05) is 0 Å². The number of aliphatic carboxylic acids is 1. The molecule has 1 aromatic rings. The van der Waals surface area contributed by atoms with Gasteiger partial charge in [-0.25, -0.2) is 4.79 Å². The van der Waals surface area contributed by atoms with Crippen LogP contribution in [0.4, 0.5) is 0 Å². The normalized spacial score (nSPS) is 14.0. The molecule has 19 heavy (non-hydrogen) atoms. The van der Waals surface area contributed by atoms with Crippen molar-refractivity contribution in [1.82, 2.24) is 0 Å².